The second-order valence-electron chi connectivity index (χ2n) is 13.2. The predicted octanol–water partition coefficient (Wildman–Crippen LogP) is 9.27. The van der Waals surface area contributed by atoms with Crippen LogP contribution in [-0.2, 0) is 32.1 Å². The van der Waals surface area contributed by atoms with Crippen molar-refractivity contribution in [1.29, 1.82) is 0 Å². The summed E-state index contributed by atoms with van der Waals surface area (Å²) in [5, 5.41) is 72.1. The fourth-order valence-corrected chi connectivity index (χ4v) is 6.46. The van der Waals surface area contributed by atoms with Gasteiger partial charge in [-0.3, -0.25) is 0 Å². The van der Waals surface area contributed by atoms with E-state index in [0.717, 1.165) is 33.4 Å². The summed E-state index contributed by atoms with van der Waals surface area (Å²) < 4.78 is 0. The van der Waals surface area contributed by atoms with E-state index in [-0.39, 0.29) is 40.2 Å². The number of aromatic hydroxyl groups is 7. The molecule has 0 saturated carbocycles. The fraction of sp³-hybridized carbons (Fsp3) is 0.106. The molecule has 0 aliphatic rings. The first-order valence-electron chi connectivity index (χ1n) is 17.6. The second kappa shape index (κ2) is 17.1. The van der Waals surface area contributed by atoms with Gasteiger partial charge in [-0.15, -0.1) is 0 Å². The van der Waals surface area contributed by atoms with Gasteiger partial charge >= 0.3 is 0 Å². The fourth-order valence-electron chi connectivity index (χ4n) is 6.46. The summed E-state index contributed by atoms with van der Waals surface area (Å²) in [6, 6.07) is 45.0. The molecule has 7 heteroatoms. The third kappa shape index (κ3) is 8.95. The molecule has 7 nitrogen and oxygen atoms in total. The highest BCUT2D eigenvalue weighted by Gasteiger charge is 2.15. The van der Waals surface area contributed by atoms with Crippen LogP contribution < -0.4 is 0 Å². The van der Waals surface area contributed by atoms with Gasteiger partial charge in [0.15, 0.2) is 0 Å². The smallest absolute Gasteiger partial charge is 0.122 e. The topological polar surface area (TPSA) is 142 Å². The van der Waals surface area contributed by atoms with Crippen molar-refractivity contribution in [2.75, 3.05) is 0 Å². The lowest BCUT2D eigenvalue weighted by atomic mass is 9.94. The lowest BCUT2D eigenvalue weighted by Crippen LogP contribution is -1.97. The first-order valence-corrected chi connectivity index (χ1v) is 17.6. The van der Waals surface area contributed by atoms with Gasteiger partial charge in [-0.05, 0) is 79.9 Å². The average molecular weight is 719 g/mol. The number of rotatable bonds is 10. The highest BCUT2D eigenvalue weighted by atomic mass is 16.3. The zero-order valence-corrected chi connectivity index (χ0v) is 29.6. The minimum Gasteiger partial charge on any atom is -0.508 e. The Morgan fingerprint density at radius 3 is 0.574 bits per heavy atom. The van der Waals surface area contributed by atoms with Crippen molar-refractivity contribution < 1.29 is 35.7 Å². The van der Waals surface area contributed by atoms with E-state index in [1.165, 1.54) is 0 Å². The molecule has 0 aliphatic heterocycles. The maximum atomic E-state index is 10.8. The molecule has 272 valence electrons. The van der Waals surface area contributed by atoms with Crippen LogP contribution in [0.5, 0.6) is 40.2 Å². The maximum absolute atomic E-state index is 10.8. The Labute approximate surface area is 314 Å². The summed E-state index contributed by atoms with van der Waals surface area (Å²) >= 11 is 0. The van der Waals surface area contributed by atoms with Gasteiger partial charge in [-0.1, -0.05) is 127 Å². The molecule has 0 heterocycles. The molecule has 7 N–H and O–H groups in total. The van der Waals surface area contributed by atoms with E-state index < -0.39 is 0 Å². The van der Waals surface area contributed by atoms with Gasteiger partial charge < -0.3 is 35.7 Å². The molecule has 7 aromatic rings. The molecule has 0 atom stereocenters. The van der Waals surface area contributed by atoms with Crippen molar-refractivity contribution in [2.45, 2.75) is 32.1 Å². The maximum Gasteiger partial charge on any atom is 0.122 e. The monoisotopic (exact) mass is 718 g/mol. The molecular formula is C47H42O7. The van der Waals surface area contributed by atoms with Crippen LogP contribution in [0.4, 0.5) is 0 Å². The van der Waals surface area contributed by atoms with Crippen LogP contribution in [-0.4, -0.2) is 35.7 Å². The van der Waals surface area contributed by atoms with E-state index in [0.29, 0.717) is 54.4 Å². The van der Waals surface area contributed by atoms with Crippen LogP contribution in [0.3, 0.4) is 0 Å². The number of hydrogen-bond acceptors (Lipinski definition) is 7. The second-order valence-corrected chi connectivity index (χ2v) is 13.2. The van der Waals surface area contributed by atoms with Gasteiger partial charge in [-0.2, -0.15) is 0 Å². The van der Waals surface area contributed by atoms with Gasteiger partial charge in [-0.25, -0.2) is 0 Å². The molecular weight excluding hydrogens is 677 g/mol. The summed E-state index contributed by atoms with van der Waals surface area (Å²) in [5.41, 5.74) is 7.33. The van der Waals surface area contributed by atoms with Crippen LogP contribution in [0.15, 0.2) is 152 Å². The molecule has 0 amide bonds. The van der Waals surface area contributed by atoms with E-state index in [1.807, 2.05) is 103 Å². The Balaban J connectivity index is 0.000000193. The lowest BCUT2D eigenvalue weighted by Gasteiger charge is -2.14. The van der Waals surface area contributed by atoms with Crippen molar-refractivity contribution in [1.82, 2.24) is 0 Å². The summed E-state index contributed by atoms with van der Waals surface area (Å²) in [5.74, 6) is 1.37. The lowest BCUT2D eigenvalue weighted by molar-refractivity contribution is 0.454. The summed E-state index contributed by atoms with van der Waals surface area (Å²) in [4.78, 5) is 0. The number of phenolic OH excluding ortho intramolecular Hbond substituents is 7. The Kier molecular flexibility index (Phi) is 11.7. The normalized spacial score (nSPS) is 10.7. The largest absolute Gasteiger partial charge is 0.508 e. The SMILES string of the molecule is Oc1ccccc1Cc1cccc(Cc2cccc(Cc3ccccc3O)c2O)c1O.Oc1ccccc1Cc1cccc(Cc2ccccc2O)c1O. The van der Waals surface area contributed by atoms with E-state index >= 15 is 0 Å². The van der Waals surface area contributed by atoms with Crippen LogP contribution in [0.2, 0.25) is 0 Å². The highest BCUT2D eigenvalue weighted by Crippen LogP contribution is 2.34. The van der Waals surface area contributed by atoms with E-state index in [1.54, 1.807) is 48.5 Å². The third-order valence-electron chi connectivity index (χ3n) is 9.48. The van der Waals surface area contributed by atoms with Crippen LogP contribution in [0, 0.1) is 0 Å². The summed E-state index contributed by atoms with van der Waals surface area (Å²) in [7, 11) is 0. The minimum absolute atomic E-state index is 0.163. The zero-order chi connectivity index (χ0) is 38.0. The first kappa shape index (κ1) is 36.9. The molecule has 0 bridgehead atoms. The van der Waals surface area contributed by atoms with Crippen molar-refractivity contribution in [3.8, 4) is 40.2 Å². The Morgan fingerprint density at radius 1 is 0.204 bits per heavy atom. The van der Waals surface area contributed by atoms with Crippen LogP contribution in [0.25, 0.3) is 0 Å². The number of phenols is 7. The molecule has 0 radical (unpaired) electrons. The first-order chi connectivity index (χ1) is 26.2. The van der Waals surface area contributed by atoms with Crippen molar-refractivity contribution in [3.05, 3.63) is 207 Å². The molecule has 0 fully saturated rings. The summed E-state index contributed by atoms with van der Waals surface area (Å²) in [6.45, 7) is 0. The highest BCUT2D eigenvalue weighted by molar-refractivity contribution is 5.52. The molecule has 0 unspecified atom stereocenters. The molecule has 0 spiro atoms. The molecule has 7 aromatic carbocycles. The molecule has 0 aliphatic carbocycles. The number of para-hydroxylation sites is 7. The van der Waals surface area contributed by atoms with Gasteiger partial charge in [0.25, 0.3) is 0 Å². The van der Waals surface area contributed by atoms with Crippen LogP contribution >= 0.6 is 0 Å². The predicted molar refractivity (Wildman–Crippen MR) is 211 cm³/mol. The van der Waals surface area contributed by atoms with Crippen molar-refractivity contribution in [3.63, 3.8) is 0 Å². The number of benzene rings is 7. The summed E-state index contributed by atoms with van der Waals surface area (Å²) in [6.07, 6.45) is 2.08. The Bertz CT molecular complexity index is 2200. The quantitative estimate of drug-likeness (QED) is 0.0748. The van der Waals surface area contributed by atoms with Gasteiger partial charge in [0.05, 0.1) is 0 Å². The van der Waals surface area contributed by atoms with Crippen molar-refractivity contribution in [2.24, 2.45) is 0 Å². The number of hydrogen-bond donors (Lipinski definition) is 7. The van der Waals surface area contributed by atoms with Gasteiger partial charge in [0, 0.05) is 32.1 Å². The van der Waals surface area contributed by atoms with Crippen molar-refractivity contribution >= 4 is 0 Å². The Morgan fingerprint density at radius 2 is 0.370 bits per heavy atom. The van der Waals surface area contributed by atoms with Gasteiger partial charge in [0.1, 0.15) is 40.2 Å². The molecule has 7 rings (SSSR count). The Hall–Kier alpha value is -6.86. The molecule has 54 heavy (non-hydrogen) atoms. The van der Waals surface area contributed by atoms with Gasteiger partial charge in [0.2, 0.25) is 0 Å². The zero-order valence-electron chi connectivity index (χ0n) is 29.6. The third-order valence-corrected chi connectivity index (χ3v) is 9.48. The van der Waals surface area contributed by atoms with Crippen LogP contribution in [0.1, 0.15) is 55.6 Å². The molecule has 0 aromatic heterocycles. The minimum atomic E-state index is 0.163. The van der Waals surface area contributed by atoms with E-state index in [9.17, 15) is 35.7 Å². The standard InChI is InChI=1S/C27H24O4.C20H18O3/c28-24-13-3-1-7-18(24)15-20-9-5-11-22(26(20)30)17-23-12-6-10-21(27(23)31)16-19-8-2-4-14-25(19)29;21-18-10-3-1-6-14(18)12-16-8-5-9-17(20(16)23)13-15-7-2-4-11-19(15)22/h1-14,28-31H,15-17H2;1-11,21-23H,12-13H2. The van der Waals surface area contributed by atoms with E-state index in [2.05, 4.69) is 0 Å². The average Bonchev–Trinajstić information content (AvgIpc) is 3.17. The molecule has 0 saturated heterocycles. The van der Waals surface area contributed by atoms with E-state index in [4.69, 9.17) is 0 Å².